The molecule has 0 spiro atoms. The maximum absolute atomic E-state index is 13.5. The fourth-order valence-electron chi connectivity index (χ4n) is 3.97. The van der Waals surface area contributed by atoms with Crippen LogP contribution in [0.15, 0.2) is 60.8 Å². The number of rotatable bonds is 3. The second-order valence-corrected chi connectivity index (χ2v) is 7.01. The summed E-state index contributed by atoms with van der Waals surface area (Å²) in [5.41, 5.74) is 2.77. The van der Waals surface area contributed by atoms with Gasteiger partial charge in [-0.1, -0.05) is 37.1 Å². The van der Waals surface area contributed by atoms with Crippen LogP contribution in [0.5, 0.6) is 5.75 Å². The predicted molar refractivity (Wildman–Crippen MR) is 107 cm³/mol. The van der Waals surface area contributed by atoms with Crippen LogP contribution in [0.2, 0.25) is 0 Å². The van der Waals surface area contributed by atoms with Crippen LogP contribution < -0.4 is 4.74 Å². The fraction of sp³-hybridized carbons (Fsp3) is 0.304. The van der Waals surface area contributed by atoms with Crippen molar-refractivity contribution < 1.29 is 9.53 Å². The van der Waals surface area contributed by atoms with Crippen LogP contribution >= 0.6 is 0 Å². The number of carbonyl (C=O) groups is 1. The number of fused-ring (bicyclic) bond motifs is 1. The first kappa shape index (κ1) is 17.5. The van der Waals surface area contributed by atoms with E-state index in [9.17, 15) is 4.79 Å². The Kier molecular flexibility index (Phi) is 5.05. The van der Waals surface area contributed by atoms with Gasteiger partial charge in [0.15, 0.2) is 0 Å². The number of nitrogens with zero attached hydrogens (tertiary/aromatic N) is 2. The molecule has 1 aliphatic rings. The fourth-order valence-corrected chi connectivity index (χ4v) is 3.97. The van der Waals surface area contributed by atoms with Crippen LogP contribution in [0.4, 0.5) is 0 Å². The summed E-state index contributed by atoms with van der Waals surface area (Å²) >= 11 is 0. The maximum atomic E-state index is 13.5. The maximum Gasteiger partial charge on any atom is 0.255 e. The molecule has 2 heterocycles. The van der Waals surface area contributed by atoms with Gasteiger partial charge in [-0.3, -0.25) is 9.78 Å². The van der Waals surface area contributed by atoms with Crippen LogP contribution in [0, 0.1) is 0 Å². The third kappa shape index (κ3) is 3.52. The van der Waals surface area contributed by atoms with Crippen molar-refractivity contribution in [2.24, 2.45) is 0 Å². The van der Waals surface area contributed by atoms with Gasteiger partial charge in [0, 0.05) is 23.7 Å². The van der Waals surface area contributed by atoms with Crippen LogP contribution in [0.3, 0.4) is 0 Å². The smallest absolute Gasteiger partial charge is 0.255 e. The molecular weight excluding hydrogens is 336 g/mol. The Bertz CT molecular complexity index is 931. The Hall–Kier alpha value is -2.88. The van der Waals surface area contributed by atoms with Gasteiger partial charge in [0.05, 0.1) is 18.7 Å². The molecule has 1 saturated heterocycles. The van der Waals surface area contributed by atoms with Crippen molar-refractivity contribution in [2.75, 3.05) is 13.7 Å². The molecule has 0 bridgehead atoms. The van der Waals surface area contributed by atoms with E-state index in [4.69, 9.17) is 4.74 Å². The molecule has 1 fully saturated rings. The number of likely N-dealkylation sites (tertiary alicyclic amines) is 1. The van der Waals surface area contributed by atoms with E-state index in [1.54, 1.807) is 13.3 Å². The molecule has 1 aromatic heterocycles. The average molecular weight is 360 g/mol. The van der Waals surface area contributed by atoms with Crippen molar-refractivity contribution in [3.63, 3.8) is 0 Å². The Labute approximate surface area is 159 Å². The molecule has 1 aliphatic heterocycles. The standard InChI is InChI=1S/C23H24N2O2/c1-27-18-13-11-17(12-14-18)22-10-3-2-4-16-25(22)23(26)20-7-5-9-21-19(20)8-6-15-24-21/h5-9,11-15,22H,2-4,10,16H2,1H3/t22-/m1/s1. The van der Waals surface area contributed by atoms with Crippen molar-refractivity contribution in [1.82, 2.24) is 9.88 Å². The lowest BCUT2D eigenvalue weighted by atomic mass is 9.99. The molecule has 0 aliphatic carbocycles. The van der Waals surface area contributed by atoms with Gasteiger partial charge in [0.25, 0.3) is 5.91 Å². The number of carbonyl (C=O) groups excluding carboxylic acids is 1. The number of ether oxygens (including phenoxy) is 1. The van der Waals surface area contributed by atoms with E-state index in [1.807, 2.05) is 42.5 Å². The van der Waals surface area contributed by atoms with Gasteiger partial charge in [-0.15, -0.1) is 0 Å². The van der Waals surface area contributed by atoms with Crippen molar-refractivity contribution >= 4 is 16.8 Å². The van der Waals surface area contributed by atoms with Gasteiger partial charge < -0.3 is 9.64 Å². The first-order valence-electron chi connectivity index (χ1n) is 9.56. The summed E-state index contributed by atoms with van der Waals surface area (Å²) < 4.78 is 5.29. The Morgan fingerprint density at radius 2 is 1.89 bits per heavy atom. The summed E-state index contributed by atoms with van der Waals surface area (Å²) in [6.45, 7) is 0.784. The molecule has 0 N–H and O–H groups in total. The number of amides is 1. The topological polar surface area (TPSA) is 42.4 Å². The molecule has 1 atom stereocenters. The van der Waals surface area contributed by atoms with Gasteiger partial charge >= 0.3 is 0 Å². The minimum absolute atomic E-state index is 0.0938. The number of hydrogen-bond donors (Lipinski definition) is 0. The van der Waals surface area contributed by atoms with Crippen molar-refractivity contribution in [1.29, 1.82) is 0 Å². The molecule has 0 saturated carbocycles. The van der Waals surface area contributed by atoms with Crippen molar-refractivity contribution in [3.05, 3.63) is 71.9 Å². The highest BCUT2D eigenvalue weighted by atomic mass is 16.5. The van der Waals surface area contributed by atoms with E-state index >= 15 is 0 Å². The number of methoxy groups -OCH3 is 1. The summed E-state index contributed by atoms with van der Waals surface area (Å²) in [5.74, 6) is 0.932. The third-order valence-electron chi connectivity index (χ3n) is 5.39. The van der Waals surface area contributed by atoms with Crippen molar-refractivity contribution in [2.45, 2.75) is 31.7 Å². The normalized spacial score (nSPS) is 17.5. The minimum atomic E-state index is 0.0938. The Morgan fingerprint density at radius 1 is 1.04 bits per heavy atom. The third-order valence-corrected chi connectivity index (χ3v) is 5.39. The molecule has 4 nitrogen and oxygen atoms in total. The van der Waals surface area contributed by atoms with Gasteiger partial charge in [-0.2, -0.15) is 0 Å². The second kappa shape index (κ2) is 7.78. The highest BCUT2D eigenvalue weighted by Crippen LogP contribution is 2.33. The zero-order valence-electron chi connectivity index (χ0n) is 15.6. The predicted octanol–water partition coefficient (Wildman–Crippen LogP) is 5.00. The largest absolute Gasteiger partial charge is 0.497 e. The van der Waals surface area contributed by atoms with Crippen LogP contribution in [-0.4, -0.2) is 29.4 Å². The highest BCUT2D eigenvalue weighted by Gasteiger charge is 2.28. The molecule has 4 rings (SSSR count). The zero-order chi connectivity index (χ0) is 18.6. The van der Waals surface area contributed by atoms with E-state index in [2.05, 4.69) is 22.0 Å². The van der Waals surface area contributed by atoms with E-state index in [0.717, 1.165) is 54.4 Å². The second-order valence-electron chi connectivity index (χ2n) is 7.01. The molecule has 4 heteroatoms. The molecular formula is C23H24N2O2. The first-order chi connectivity index (χ1) is 13.3. The lowest BCUT2D eigenvalue weighted by Gasteiger charge is -2.31. The molecule has 1 amide bonds. The monoisotopic (exact) mass is 360 g/mol. The van der Waals surface area contributed by atoms with Crippen LogP contribution in [0.25, 0.3) is 10.9 Å². The van der Waals surface area contributed by atoms with E-state index in [0.29, 0.717) is 0 Å². The Morgan fingerprint density at radius 3 is 2.70 bits per heavy atom. The summed E-state index contributed by atoms with van der Waals surface area (Å²) in [6.07, 6.45) is 6.09. The highest BCUT2D eigenvalue weighted by molar-refractivity contribution is 6.06. The van der Waals surface area contributed by atoms with E-state index < -0.39 is 0 Å². The number of benzene rings is 2. The lowest BCUT2D eigenvalue weighted by molar-refractivity contribution is 0.0683. The summed E-state index contributed by atoms with van der Waals surface area (Å²) in [5, 5.41) is 0.919. The molecule has 27 heavy (non-hydrogen) atoms. The minimum Gasteiger partial charge on any atom is -0.497 e. The van der Waals surface area contributed by atoms with Gasteiger partial charge in [-0.05, 0) is 48.7 Å². The molecule has 0 unspecified atom stereocenters. The van der Waals surface area contributed by atoms with Gasteiger partial charge in [0.1, 0.15) is 5.75 Å². The molecule has 3 aromatic rings. The summed E-state index contributed by atoms with van der Waals surface area (Å²) in [7, 11) is 1.67. The molecule has 2 aromatic carbocycles. The first-order valence-corrected chi connectivity index (χ1v) is 9.56. The lowest BCUT2D eigenvalue weighted by Crippen LogP contribution is -2.35. The summed E-state index contributed by atoms with van der Waals surface area (Å²) in [6, 6.07) is 17.9. The van der Waals surface area contributed by atoms with Crippen LogP contribution in [-0.2, 0) is 0 Å². The zero-order valence-corrected chi connectivity index (χ0v) is 15.6. The average Bonchev–Trinajstić information content (AvgIpc) is 2.99. The van der Waals surface area contributed by atoms with E-state index in [1.165, 1.54) is 5.56 Å². The quantitative estimate of drug-likeness (QED) is 0.660. The van der Waals surface area contributed by atoms with Gasteiger partial charge in [0.2, 0.25) is 0 Å². The SMILES string of the molecule is COc1ccc([C@H]2CCCCCN2C(=O)c2cccc3ncccc23)cc1. The molecule has 0 radical (unpaired) electrons. The van der Waals surface area contributed by atoms with E-state index in [-0.39, 0.29) is 11.9 Å². The number of pyridine rings is 1. The van der Waals surface area contributed by atoms with Gasteiger partial charge in [-0.25, -0.2) is 0 Å². The number of aromatic nitrogens is 1. The molecule has 138 valence electrons. The number of hydrogen-bond acceptors (Lipinski definition) is 3. The summed E-state index contributed by atoms with van der Waals surface area (Å²) in [4.78, 5) is 20.0. The Balaban J connectivity index is 1.72. The van der Waals surface area contributed by atoms with Crippen LogP contribution in [0.1, 0.15) is 47.6 Å². The van der Waals surface area contributed by atoms with Crippen molar-refractivity contribution in [3.8, 4) is 5.75 Å².